The van der Waals surface area contributed by atoms with E-state index in [2.05, 4.69) is 10.4 Å². The number of hydrogen-bond acceptors (Lipinski definition) is 7. The van der Waals surface area contributed by atoms with E-state index < -0.39 is 6.10 Å². The first kappa shape index (κ1) is 27.2. The normalized spacial score (nSPS) is 12.1. The van der Waals surface area contributed by atoms with Gasteiger partial charge in [-0.05, 0) is 65.1 Å². The molecule has 0 bridgehead atoms. The van der Waals surface area contributed by atoms with Gasteiger partial charge < -0.3 is 20.1 Å². The fourth-order valence-corrected chi connectivity index (χ4v) is 4.46. The Hall–Kier alpha value is -3.82. The lowest BCUT2D eigenvalue weighted by Crippen LogP contribution is -2.29. The van der Waals surface area contributed by atoms with E-state index in [9.17, 15) is 9.90 Å². The van der Waals surface area contributed by atoms with Gasteiger partial charge in [0.2, 0.25) is 0 Å². The minimum Gasteiger partial charge on any atom is -0.489 e. The van der Waals surface area contributed by atoms with E-state index in [1.165, 1.54) is 0 Å². The number of carbonyl (C=O) groups excluding carboxylic acids is 1. The zero-order valence-corrected chi connectivity index (χ0v) is 22.9. The summed E-state index contributed by atoms with van der Waals surface area (Å²) in [5.74, 6) is 0.502. The first-order chi connectivity index (χ1) is 18.2. The average molecular weight is 517 g/mol. The van der Waals surface area contributed by atoms with Gasteiger partial charge in [0.1, 0.15) is 18.5 Å². The molecule has 0 aliphatic rings. The molecular weight excluding hydrogens is 480 g/mol. The molecule has 1 unspecified atom stereocenters. The van der Waals surface area contributed by atoms with Crippen molar-refractivity contribution in [2.45, 2.75) is 46.9 Å². The molecule has 1 amide bonds. The third kappa shape index (κ3) is 5.84. The van der Waals surface area contributed by atoms with Crippen LogP contribution in [0.1, 0.15) is 39.8 Å². The number of carbonyl (C=O) groups is 1. The summed E-state index contributed by atoms with van der Waals surface area (Å²) in [7, 11) is 3.59. The zero-order chi connectivity index (χ0) is 27.4. The van der Waals surface area contributed by atoms with Gasteiger partial charge in [0.05, 0.1) is 34.4 Å². The van der Waals surface area contributed by atoms with Crippen molar-refractivity contribution in [2.75, 3.05) is 27.2 Å². The highest BCUT2D eigenvalue weighted by molar-refractivity contribution is 6.07. The lowest BCUT2D eigenvalue weighted by Gasteiger charge is -2.19. The summed E-state index contributed by atoms with van der Waals surface area (Å²) < 4.78 is 7.68. The number of pyridine rings is 2. The number of rotatable bonds is 10. The first-order valence-electron chi connectivity index (χ1n) is 12.8. The number of nitrogens with zero attached hydrogens (tertiary/aromatic N) is 5. The van der Waals surface area contributed by atoms with Gasteiger partial charge in [-0.2, -0.15) is 5.10 Å². The quantitative estimate of drug-likeness (QED) is 0.331. The number of aryl methyl sites for hydroxylation is 3. The minimum absolute atomic E-state index is 0.0944. The number of aliphatic hydroxyl groups is 1. The number of aromatic nitrogens is 4. The van der Waals surface area contributed by atoms with Gasteiger partial charge in [0.25, 0.3) is 5.91 Å². The Morgan fingerprint density at radius 3 is 2.61 bits per heavy atom. The Bertz CT molecular complexity index is 1450. The fourth-order valence-electron chi connectivity index (χ4n) is 4.46. The van der Waals surface area contributed by atoms with Gasteiger partial charge in [0.15, 0.2) is 0 Å². The molecule has 0 aliphatic carbocycles. The number of aliphatic hydroxyl groups excluding tert-OH is 1. The van der Waals surface area contributed by atoms with E-state index in [0.717, 1.165) is 34.3 Å². The molecule has 38 heavy (non-hydrogen) atoms. The number of hydrogen-bond donors (Lipinski definition) is 2. The Labute approximate surface area is 223 Å². The number of fused-ring (bicyclic) bond motifs is 1. The number of likely N-dealkylation sites (N-methyl/N-ethyl adjacent to an activating group) is 1. The molecule has 0 fully saturated rings. The van der Waals surface area contributed by atoms with Gasteiger partial charge in [-0.1, -0.05) is 11.6 Å². The first-order valence-corrected chi connectivity index (χ1v) is 12.8. The zero-order valence-electron chi connectivity index (χ0n) is 22.9. The predicted octanol–water partition coefficient (Wildman–Crippen LogP) is 3.67. The topological polar surface area (TPSA) is 105 Å². The average Bonchev–Trinajstić information content (AvgIpc) is 3.25. The molecule has 3 aromatic heterocycles. The van der Waals surface area contributed by atoms with Crippen molar-refractivity contribution in [3.63, 3.8) is 0 Å². The molecule has 0 aliphatic heterocycles. The van der Waals surface area contributed by atoms with E-state index in [-0.39, 0.29) is 12.5 Å². The summed E-state index contributed by atoms with van der Waals surface area (Å²) in [4.78, 5) is 25.0. The van der Waals surface area contributed by atoms with Crippen molar-refractivity contribution < 1.29 is 14.6 Å². The summed E-state index contributed by atoms with van der Waals surface area (Å²) in [6.45, 7) is 9.78. The molecule has 0 radical (unpaired) electrons. The van der Waals surface area contributed by atoms with Crippen molar-refractivity contribution in [3.05, 3.63) is 70.7 Å². The maximum Gasteiger partial charge on any atom is 0.254 e. The van der Waals surface area contributed by atoms with Crippen molar-refractivity contribution in [3.8, 4) is 17.1 Å². The summed E-state index contributed by atoms with van der Waals surface area (Å²) >= 11 is 0. The van der Waals surface area contributed by atoms with Crippen LogP contribution in [-0.2, 0) is 13.1 Å². The molecule has 4 rings (SSSR count). The van der Waals surface area contributed by atoms with Crippen LogP contribution in [0, 0.1) is 20.8 Å². The minimum atomic E-state index is -0.615. The van der Waals surface area contributed by atoms with Crippen LogP contribution in [0.3, 0.4) is 0 Å². The largest absolute Gasteiger partial charge is 0.489 e. The van der Waals surface area contributed by atoms with Crippen LogP contribution in [0.5, 0.6) is 5.75 Å². The molecule has 9 nitrogen and oxygen atoms in total. The van der Waals surface area contributed by atoms with Crippen LogP contribution in [0.25, 0.3) is 22.3 Å². The van der Waals surface area contributed by atoms with E-state index in [1.807, 2.05) is 82.0 Å². The van der Waals surface area contributed by atoms with Gasteiger partial charge in [-0.25, -0.2) is 9.97 Å². The Morgan fingerprint density at radius 2 is 1.92 bits per heavy atom. The molecule has 200 valence electrons. The maximum absolute atomic E-state index is 13.8. The lowest BCUT2D eigenvalue weighted by atomic mass is 10.0. The SMILES string of the molecule is CCn1ncc(CN(C)C(=O)c2cc(-c3ccc(OCC(O)CNC)c(C)n3)nc3ccc(C)cc23)c1C. The number of nitrogens with one attached hydrogen (secondary N) is 1. The van der Waals surface area contributed by atoms with Gasteiger partial charge in [0, 0.05) is 43.3 Å². The second kappa shape index (κ2) is 11.7. The van der Waals surface area contributed by atoms with Crippen molar-refractivity contribution in [1.29, 1.82) is 0 Å². The van der Waals surface area contributed by atoms with Crippen LogP contribution < -0.4 is 10.1 Å². The smallest absolute Gasteiger partial charge is 0.254 e. The highest BCUT2D eigenvalue weighted by Gasteiger charge is 2.20. The Morgan fingerprint density at radius 1 is 1.13 bits per heavy atom. The molecule has 4 aromatic rings. The molecule has 0 saturated carbocycles. The van der Waals surface area contributed by atoms with Gasteiger partial charge >= 0.3 is 0 Å². The van der Waals surface area contributed by atoms with E-state index >= 15 is 0 Å². The standard InChI is InChI=1S/C29H36N6O3/c1-7-35-20(4)21(14-31-35)16-34(6)29(37)24-13-27(33-25-9-8-18(2)12-23(24)25)26-10-11-28(19(3)32-26)38-17-22(36)15-30-5/h8-14,22,30,36H,7,15-17H2,1-6H3. The summed E-state index contributed by atoms with van der Waals surface area (Å²) in [6, 6.07) is 11.4. The van der Waals surface area contributed by atoms with Crippen LogP contribution in [0.4, 0.5) is 0 Å². The molecule has 0 spiro atoms. The number of amides is 1. The van der Waals surface area contributed by atoms with Gasteiger partial charge in [-0.3, -0.25) is 9.48 Å². The highest BCUT2D eigenvalue weighted by atomic mass is 16.5. The Kier molecular flexibility index (Phi) is 8.38. The van der Waals surface area contributed by atoms with Crippen LogP contribution >= 0.6 is 0 Å². The third-order valence-electron chi connectivity index (χ3n) is 6.62. The fraction of sp³-hybridized carbons (Fsp3) is 0.379. The van der Waals surface area contributed by atoms with Crippen molar-refractivity contribution in [2.24, 2.45) is 0 Å². The third-order valence-corrected chi connectivity index (χ3v) is 6.62. The molecule has 2 N–H and O–H groups in total. The predicted molar refractivity (Wildman–Crippen MR) is 148 cm³/mol. The van der Waals surface area contributed by atoms with Crippen molar-refractivity contribution >= 4 is 16.8 Å². The summed E-state index contributed by atoms with van der Waals surface area (Å²) in [5.41, 5.74) is 6.37. The van der Waals surface area contributed by atoms with E-state index in [1.54, 1.807) is 11.9 Å². The van der Waals surface area contributed by atoms with Crippen molar-refractivity contribution in [1.82, 2.24) is 30.0 Å². The highest BCUT2D eigenvalue weighted by Crippen LogP contribution is 2.28. The van der Waals surface area contributed by atoms with E-state index in [4.69, 9.17) is 14.7 Å². The molecule has 9 heteroatoms. The van der Waals surface area contributed by atoms with Crippen LogP contribution in [0.15, 0.2) is 42.6 Å². The molecular formula is C29H36N6O3. The van der Waals surface area contributed by atoms with Gasteiger partial charge in [-0.15, -0.1) is 0 Å². The molecule has 3 heterocycles. The van der Waals surface area contributed by atoms with E-state index in [0.29, 0.717) is 41.5 Å². The lowest BCUT2D eigenvalue weighted by molar-refractivity contribution is 0.0787. The van der Waals surface area contributed by atoms with Crippen LogP contribution in [-0.4, -0.2) is 69.0 Å². The Balaban J connectivity index is 1.67. The second-order valence-corrected chi connectivity index (χ2v) is 9.61. The molecule has 0 saturated heterocycles. The van der Waals surface area contributed by atoms with Crippen LogP contribution in [0.2, 0.25) is 0 Å². The summed E-state index contributed by atoms with van der Waals surface area (Å²) in [6.07, 6.45) is 1.21. The summed E-state index contributed by atoms with van der Waals surface area (Å²) in [5, 5.41) is 18.1. The maximum atomic E-state index is 13.8. The second-order valence-electron chi connectivity index (χ2n) is 9.61. The molecule has 1 atom stereocenters. The molecule has 1 aromatic carbocycles. The number of benzene rings is 1. The monoisotopic (exact) mass is 516 g/mol. The number of ether oxygens (including phenoxy) is 1.